The Bertz CT molecular complexity index is 784. The molecule has 22 heavy (non-hydrogen) atoms. The first kappa shape index (κ1) is 15.8. The molecule has 0 amide bonds. The maximum absolute atomic E-state index is 11.0. The van der Waals surface area contributed by atoms with E-state index in [1.165, 1.54) is 18.2 Å². The van der Waals surface area contributed by atoms with Crippen molar-refractivity contribution in [1.82, 2.24) is 0 Å². The second kappa shape index (κ2) is 6.02. The lowest BCUT2D eigenvalue weighted by Gasteiger charge is -2.26. The molecule has 112 valence electrons. The van der Waals surface area contributed by atoms with Crippen LogP contribution in [0, 0.1) is 34.0 Å². The zero-order valence-electron chi connectivity index (χ0n) is 11.4. The van der Waals surface area contributed by atoms with Gasteiger partial charge in [0.2, 0.25) is 0 Å². The molecule has 2 rings (SSSR count). The van der Waals surface area contributed by atoms with E-state index in [0.717, 1.165) is 0 Å². The molecule has 0 heterocycles. The molecule has 1 aliphatic rings. The van der Waals surface area contributed by atoms with Gasteiger partial charge in [-0.15, -0.1) is 0 Å². The third-order valence-corrected chi connectivity index (χ3v) is 3.97. The molecule has 1 aromatic rings. The molecule has 0 aromatic heterocycles. The van der Waals surface area contributed by atoms with E-state index in [2.05, 4.69) is 0 Å². The summed E-state index contributed by atoms with van der Waals surface area (Å²) in [5.74, 6) is -0.891. The van der Waals surface area contributed by atoms with Gasteiger partial charge in [0.15, 0.2) is 5.41 Å². The van der Waals surface area contributed by atoms with E-state index >= 15 is 0 Å². The van der Waals surface area contributed by atoms with E-state index in [1.807, 2.05) is 18.2 Å². The molecule has 6 nitrogen and oxygen atoms in total. The van der Waals surface area contributed by atoms with Crippen molar-refractivity contribution in [2.24, 2.45) is 11.3 Å². The highest BCUT2D eigenvalue weighted by Crippen LogP contribution is 2.36. The molecule has 7 heteroatoms. The van der Waals surface area contributed by atoms with Crippen LogP contribution < -0.4 is 4.74 Å². The number of rotatable bonds is 4. The number of hydrogen-bond donors (Lipinski definition) is 1. The lowest BCUT2D eigenvalue weighted by Crippen LogP contribution is -2.32. The Kier molecular flexibility index (Phi) is 4.32. The van der Waals surface area contributed by atoms with Crippen LogP contribution in [0.4, 0.5) is 0 Å². The van der Waals surface area contributed by atoms with Gasteiger partial charge in [0, 0.05) is 5.92 Å². The van der Waals surface area contributed by atoms with Crippen LogP contribution in [-0.4, -0.2) is 18.7 Å². The number of para-hydroxylation sites is 1. The van der Waals surface area contributed by atoms with Crippen molar-refractivity contribution in [2.75, 3.05) is 5.75 Å². The first-order valence-corrected chi connectivity index (χ1v) is 7.91. The first-order valence-electron chi connectivity index (χ1n) is 6.30. The molecule has 0 fully saturated rings. The Hall–Kier alpha value is -2.61. The van der Waals surface area contributed by atoms with Gasteiger partial charge in [0.1, 0.15) is 11.5 Å². The van der Waals surface area contributed by atoms with E-state index in [0.29, 0.717) is 5.75 Å². The number of nitriles is 2. The summed E-state index contributed by atoms with van der Waals surface area (Å²) in [6.07, 6.45) is 4.14. The fourth-order valence-electron chi connectivity index (χ4n) is 2.10. The monoisotopic (exact) mass is 316 g/mol. The molecule has 1 atom stereocenters. The summed E-state index contributed by atoms with van der Waals surface area (Å²) in [6, 6.07) is 12.4. The van der Waals surface area contributed by atoms with Gasteiger partial charge in [-0.3, -0.25) is 4.55 Å². The second-order valence-corrected chi connectivity index (χ2v) is 6.27. The van der Waals surface area contributed by atoms with Gasteiger partial charge < -0.3 is 4.74 Å². The van der Waals surface area contributed by atoms with E-state index in [4.69, 9.17) is 9.29 Å². The van der Waals surface area contributed by atoms with Gasteiger partial charge in [-0.05, 0) is 24.3 Å². The molecule has 0 bridgehead atoms. The molecule has 1 aromatic carbocycles. The quantitative estimate of drug-likeness (QED) is 0.851. The first-order chi connectivity index (χ1) is 10.4. The van der Waals surface area contributed by atoms with E-state index in [9.17, 15) is 18.9 Å². The normalized spacial score (nSPS) is 19.6. The largest absolute Gasteiger partial charge is 0.458 e. The van der Waals surface area contributed by atoms with E-state index in [1.54, 1.807) is 24.3 Å². The fraction of sp³-hybridized carbons (Fsp3) is 0.200. The smallest absolute Gasteiger partial charge is 0.265 e. The summed E-state index contributed by atoms with van der Waals surface area (Å²) in [4.78, 5) is 0. The van der Waals surface area contributed by atoms with Crippen LogP contribution in [0.25, 0.3) is 0 Å². The number of ether oxygens (including phenoxy) is 1. The van der Waals surface area contributed by atoms with Crippen LogP contribution in [0.1, 0.15) is 0 Å². The van der Waals surface area contributed by atoms with Crippen LogP contribution in [0.5, 0.6) is 5.75 Å². The average molecular weight is 316 g/mol. The summed E-state index contributed by atoms with van der Waals surface area (Å²) in [7, 11) is -4.31. The summed E-state index contributed by atoms with van der Waals surface area (Å²) in [6.45, 7) is 0. The van der Waals surface area contributed by atoms with Crippen LogP contribution in [0.15, 0.2) is 54.3 Å². The van der Waals surface area contributed by atoms with E-state index in [-0.39, 0.29) is 5.76 Å². The minimum Gasteiger partial charge on any atom is -0.458 e. The molecule has 0 radical (unpaired) electrons. The maximum Gasteiger partial charge on any atom is 0.265 e. The molecular formula is C15H12N2O4S. The standard InChI is InChI=1S/C15H12N2O4S/c16-10-15(11-17)8-14(21-13-4-2-1-3-5-13)7-6-12(15)9-22(18,19)20/h1-8,12H,9H2,(H,18,19,20). The third kappa shape index (κ3) is 3.53. The van der Waals surface area contributed by atoms with Gasteiger partial charge in [-0.2, -0.15) is 18.9 Å². The van der Waals surface area contributed by atoms with Gasteiger partial charge >= 0.3 is 0 Å². The second-order valence-electron chi connectivity index (χ2n) is 4.77. The Morgan fingerprint density at radius 3 is 2.41 bits per heavy atom. The predicted molar refractivity (Wildman–Crippen MR) is 77.9 cm³/mol. The molecule has 0 saturated heterocycles. The third-order valence-electron chi connectivity index (χ3n) is 3.19. The molecule has 1 N–H and O–H groups in total. The Morgan fingerprint density at radius 2 is 1.86 bits per heavy atom. The van der Waals surface area contributed by atoms with Crippen molar-refractivity contribution in [1.29, 1.82) is 10.5 Å². The van der Waals surface area contributed by atoms with Gasteiger partial charge in [-0.25, -0.2) is 0 Å². The lowest BCUT2D eigenvalue weighted by molar-refractivity contribution is 0.399. The maximum atomic E-state index is 11.0. The Labute approximate surface area is 128 Å². The molecule has 1 aliphatic carbocycles. The molecule has 0 aliphatic heterocycles. The lowest BCUT2D eigenvalue weighted by atomic mass is 9.75. The van der Waals surface area contributed by atoms with Crippen LogP contribution in [0.2, 0.25) is 0 Å². The number of nitrogens with zero attached hydrogens (tertiary/aromatic N) is 2. The summed E-state index contributed by atoms with van der Waals surface area (Å²) < 4.78 is 36.6. The molecule has 0 spiro atoms. The highest BCUT2D eigenvalue weighted by Gasteiger charge is 2.41. The Balaban J connectivity index is 2.32. The highest BCUT2D eigenvalue weighted by atomic mass is 32.2. The van der Waals surface area contributed by atoms with Crippen molar-refractivity contribution >= 4 is 10.1 Å². The van der Waals surface area contributed by atoms with Crippen LogP contribution in [0.3, 0.4) is 0 Å². The minimum absolute atomic E-state index is 0.265. The van der Waals surface area contributed by atoms with Crippen molar-refractivity contribution < 1.29 is 17.7 Å². The highest BCUT2D eigenvalue weighted by molar-refractivity contribution is 7.85. The number of benzene rings is 1. The van der Waals surface area contributed by atoms with Gasteiger partial charge in [0.25, 0.3) is 10.1 Å². The van der Waals surface area contributed by atoms with Crippen molar-refractivity contribution in [3.8, 4) is 17.9 Å². The number of allylic oxidation sites excluding steroid dienone is 3. The summed E-state index contributed by atoms with van der Waals surface area (Å²) in [5, 5.41) is 18.6. The summed E-state index contributed by atoms with van der Waals surface area (Å²) >= 11 is 0. The van der Waals surface area contributed by atoms with Crippen LogP contribution in [-0.2, 0) is 10.1 Å². The Morgan fingerprint density at radius 1 is 1.23 bits per heavy atom. The van der Waals surface area contributed by atoms with Gasteiger partial charge in [-0.1, -0.05) is 24.3 Å². The fourth-order valence-corrected chi connectivity index (χ4v) is 2.93. The van der Waals surface area contributed by atoms with E-state index < -0.39 is 27.2 Å². The van der Waals surface area contributed by atoms with Crippen molar-refractivity contribution in [2.45, 2.75) is 0 Å². The molecule has 1 unspecified atom stereocenters. The number of hydrogen-bond acceptors (Lipinski definition) is 5. The zero-order chi connectivity index (χ0) is 16.2. The SMILES string of the molecule is N#CC1(C#N)C=C(Oc2ccccc2)C=CC1CS(=O)(=O)O. The zero-order valence-corrected chi connectivity index (χ0v) is 12.2. The predicted octanol–water partition coefficient (Wildman–Crippen LogP) is 2.06. The topological polar surface area (TPSA) is 111 Å². The minimum atomic E-state index is -4.31. The van der Waals surface area contributed by atoms with Crippen LogP contribution >= 0.6 is 0 Å². The van der Waals surface area contributed by atoms with Crippen molar-refractivity contribution in [3.05, 3.63) is 54.3 Å². The van der Waals surface area contributed by atoms with Crippen molar-refractivity contribution in [3.63, 3.8) is 0 Å². The molecule has 0 saturated carbocycles. The van der Waals surface area contributed by atoms with Gasteiger partial charge in [0.05, 0.1) is 17.9 Å². The average Bonchev–Trinajstić information content (AvgIpc) is 2.48. The molecular weight excluding hydrogens is 304 g/mol. The summed E-state index contributed by atoms with van der Waals surface area (Å²) in [5.41, 5.74) is -1.71.